The van der Waals surface area contributed by atoms with Crippen LogP contribution in [0.1, 0.15) is 59.5 Å². The average molecular weight is 361 g/mol. The minimum absolute atomic E-state index is 0.653. The topological polar surface area (TPSA) is 45.4 Å². The molecule has 2 aromatic rings. The molecule has 4 rings (SSSR count). The van der Waals surface area contributed by atoms with E-state index in [2.05, 4.69) is 43.4 Å². The van der Waals surface area contributed by atoms with E-state index in [4.69, 9.17) is 4.52 Å². The molecule has 1 aliphatic carbocycles. The monoisotopic (exact) mass is 360 g/mol. The number of thiophene rings is 1. The van der Waals surface area contributed by atoms with Gasteiger partial charge in [-0.15, -0.1) is 11.3 Å². The number of aryl methyl sites for hydroxylation is 1. The van der Waals surface area contributed by atoms with Gasteiger partial charge in [-0.05, 0) is 30.9 Å². The maximum Gasteiger partial charge on any atom is 0.223 e. The zero-order chi connectivity index (χ0) is 17.1. The van der Waals surface area contributed by atoms with Crippen LogP contribution in [-0.4, -0.2) is 46.1 Å². The van der Waals surface area contributed by atoms with Crippen molar-refractivity contribution in [3.05, 3.63) is 33.6 Å². The Morgan fingerprint density at radius 2 is 1.76 bits per heavy atom. The normalized spacial score (nSPS) is 21.0. The van der Waals surface area contributed by atoms with Crippen molar-refractivity contribution in [3.8, 4) is 0 Å². The predicted molar refractivity (Wildman–Crippen MR) is 99.7 cm³/mol. The number of nitrogens with zero attached hydrogens (tertiary/aromatic N) is 4. The second-order valence-electron chi connectivity index (χ2n) is 7.42. The molecule has 5 nitrogen and oxygen atoms in total. The largest absolute Gasteiger partial charge is 0.340 e. The quantitative estimate of drug-likeness (QED) is 0.811. The Balaban J connectivity index is 1.25. The van der Waals surface area contributed by atoms with E-state index in [1.807, 2.05) is 6.92 Å². The minimum atomic E-state index is 0.653. The molecule has 25 heavy (non-hydrogen) atoms. The summed E-state index contributed by atoms with van der Waals surface area (Å²) in [6, 6.07) is 4.76. The second kappa shape index (κ2) is 7.98. The van der Waals surface area contributed by atoms with Crippen molar-refractivity contribution in [1.29, 1.82) is 0 Å². The highest BCUT2D eigenvalue weighted by molar-refractivity contribution is 7.12. The molecule has 0 radical (unpaired) electrons. The van der Waals surface area contributed by atoms with Crippen LogP contribution in [0.3, 0.4) is 0 Å². The first kappa shape index (κ1) is 17.2. The molecule has 0 atom stereocenters. The third kappa shape index (κ3) is 4.49. The molecule has 1 saturated carbocycles. The van der Waals surface area contributed by atoms with E-state index >= 15 is 0 Å². The number of aromatic nitrogens is 2. The first-order valence-corrected chi connectivity index (χ1v) is 10.4. The van der Waals surface area contributed by atoms with E-state index in [9.17, 15) is 0 Å². The fourth-order valence-corrected chi connectivity index (χ4v) is 5.24. The van der Waals surface area contributed by atoms with Crippen molar-refractivity contribution in [1.82, 2.24) is 19.9 Å². The molecule has 2 fully saturated rings. The lowest BCUT2D eigenvalue weighted by Crippen LogP contribution is -2.45. The third-order valence-electron chi connectivity index (χ3n) is 5.47. The van der Waals surface area contributed by atoms with Crippen LogP contribution in [0, 0.1) is 6.92 Å². The molecule has 2 aromatic heterocycles. The Morgan fingerprint density at radius 3 is 2.44 bits per heavy atom. The van der Waals surface area contributed by atoms with Crippen molar-refractivity contribution in [2.45, 2.75) is 58.0 Å². The van der Waals surface area contributed by atoms with Gasteiger partial charge in [-0.2, -0.15) is 4.98 Å². The standard InChI is InChI=1S/C19H28N4OS/c1-15-20-19(21-24-15)14-23-11-9-22(10-12-23)13-17-7-8-18(25-17)16-5-3-2-4-6-16/h7-8,16H,2-6,9-14H2,1H3. The number of hydrogen-bond acceptors (Lipinski definition) is 6. The Labute approximate surface area is 154 Å². The van der Waals surface area contributed by atoms with Crippen LogP contribution in [0.4, 0.5) is 0 Å². The van der Waals surface area contributed by atoms with Gasteiger partial charge < -0.3 is 4.52 Å². The first-order chi connectivity index (χ1) is 12.3. The van der Waals surface area contributed by atoms with Gasteiger partial charge in [0.1, 0.15) is 0 Å². The summed E-state index contributed by atoms with van der Waals surface area (Å²) in [7, 11) is 0. The van der Waals surface area contributed by atoms with Gasteiger partial charge in [0, 0.05) is 49.4 Å². The van der Waals surface area contributed by atoms with Crippen molar-refractivity contribution in [2.24, 2.45) is 0 Å². The molecule has 6 heteroatoms. The van der Waals surface area contributed by atoms with Crippen molar-refractivity contribution in [2.75, 3.05) is 26.2 Å². The molecule has 0 aromatic carbocycles. The first-order valence-electron chi connectivity index (χ1n) is 9.59. The molecule has 2 aliphatic rings. The Kier molecular flexibility index (Phi) is 5.48. The van der Waals surface area contributed by atoms with Crippen LogP contribution in [0.15, 0.2) is 16.7 Å². The van der Waals surface area contributed by atoms with Gasteiger partial charge in [0.05, 0.1) is 6.54 Å². The van der Waals surface area contributed by atoms with Gasteiger partial charge in [-0.1, -0.05) is 24.4 Å². The molecule has 136 valence electrons. The van der Waals surface area contributed by atoms with Gasteiger partial charge in [0.2, 0.25) is 5.89 Å². The maximum atomic E-state index is 5.06. The van der Waals surface area contributed by atoms with Crippen LogP contribution in [0.5, 0.6) is 0 Å². The van der Waals surface area contributed by atoms with Crippen molar-refractivity contribution < 1.29 is 4.52 Å². The Morgan fingerprint density at radius 1 is 1.04 bits per heavy atom. The Bertz CT molecular complexity index is 669. The zero-order valence-corrected chi connectivity index (χ0v) is 15.9. The fourth-order valence-electron chi connectivity index (χ4n) is 4.02. The van der Waals surface area contributed by atoms with E-state index in [1.165, 1.54) is 37.0 Å². The highest BCUT2D eigenvalue weighted by atomic mass is 32.1. The summed E-state index contributed by atoms with van der Waals surface area (Å²) in [4.78, 5) is 12.5. The van der Waals surface area contributed by atoms with Gasteiger partial charge in [-0.3, -0.25) is 9.80 Å². The molecule has 0 amide bonds. The molecule has 0 spiro atoms. The van der Waals surface area contributed by atoms with Crippen LogP contribution < -0.4 is 0 Å². The fraction of sp³-hybridized carbons (Fsp3) is 0.684. The zero-order valence-electron chi connectivity index (χ0n) is 15.1. The lowest BCUT2D eigenvalue weighted by Gasteiger charge is -2.33. The number of rotatable bonds is 5. The molecule has 1 saturated heterocycles. The Hall–Kier alpha value is -1.24. The molecule has 0 bridgehead atoms. The smallest absolute Gasteiger partial charge is 0.223 e. The van der Waals surface area contributed by atoms with Crippen molar-refractivity contribution in [3.63, 3.8) is 0 Å². The lowest BCUT2D eigenvalue weighted by atomic mass is 9.88. The van der Waals surface area contributed by atoms with E-state index in [1.54, 1.807) is 4.88 Å². The average Bonchev–Trinajstić information content (AvgIpc) is 3.27. The highest BCUT2D eigenvalue weighted by Crippen LogP contribution is 2.36. The second-order valence-corrected chi connectivity index (χ2v) is 8.62. The SMILES string of the molecule is Cc1nc(CN2CCN(Cc3ccc(C4CCCCC4)s3)CC2)no1. The number of piperazine rings is 1. The molecular formula is C19H28N4OS. The van der Waals surface area contributed by atoms with Crippen LogP contribution in [0.25, 0.3) is 0 Å². The third-order valence-corrected chi connectivity index (χ3v) is 6.70. The highest BCUT2D eigenvalue weighted by Gasteiger charge is 2.21. The van der Waals surface area contributed by atoms with E-state index in [0.29, 0.717) is 5.89 Å². The van der Waals surface area contributed by atoms with E-state index < -0.39 is 0 Å². The molecular weight excluding hydrogens is 332 g/mol. The van der Waals surface area contributed by atoms with Gasteiger partial charge in [0.25, 0.3) is 0 Å². The summed E-state index contributed by atoms with van der Waals surface area (Å²) in [6.07, 6.45) is 7.06. The van der Waals surface area contributed by atoms with Crippen LogP contribution in [-0.2, 0) is 13.1 Å². The summed E-state index contributed by atoms with van der Waals surface area (Å²) < 4.78 is 5.06. The van der Waals surface area contributed by atoms with Gasteiger partial charge >= 0.3 is 0 Å². The summed E-state index contributed by atoms with van der Waals surface area (Å²) in [5.41, 5.74) is 0. The van der Waals surface area contributed by atoms with Crippen LogP contribution >= 0.6 is 11.3 Å². The van der Waals surface area contributed by atoms with Crippen LogP contribution in [0.2, 0.25) is 0 Å². The lowest BCUT2D eigenvalue weighted by molar-refractivity contribution is 0.120. The summed E-state index contributed by atoms with van der Waals surface area (Å²) in [5, 5.41) is 4.00. The van der Waals surface area contributed by atoms with Crippen molar-refractivity contribution >= 4 is 11.3 Å². The van der Waals surface area contributed by atoms with E-state index in [-0.39, 0.29) is 0 Å². The van der Waals surface area contributed by atoms with Gasteiger partial charge in [-0.25, -0.2) is 0 Å². The number of hydrogen-bond donors (Lipinski definition) is 0. The summed E-state index contributed by atoms with van der Waals surface area (Å²) in [5.74, 6) is 2.30. The summed E-state index contributed by atoms with van der Waals surface area (Å²) >= 11 is 2.05. The van der Waals surface area contributed by atoms with Gasteiger partial charge in [0.15, 0.2) is 5.82 Å². The predicted octanol–water partition coefficient (Wildman–Crippen LogP) is 3.81. The summed E-state index contributed by atoms with van der Waals surface area (Å²) in [6.45, 7) is 8.14. The molecule has 0 unspecified atom stereocenters. The van der Waals surface area contributed by atoms with E-state index in [0.717, 1.165) is 51.0 Å². The maximum absolute atomic E-state index is 5.06. The molecule has 1 aliphatic heterocycles. The minimum Gasteiger partial charge on any atom is -0.340 e. The molecule has 0 N–H and O–H groups in total. The molecule has 3 heterocycles.